The Kier molecular flexibility index (Phi) is 6.66. The lowest BCUT2D eigenvalue weighted by atomic mass is 9.97. The molecule has 1 aromatic carbocycles. The molecule has 1 fully saturated rings. The molecule has 1 aliphatic rings. The second-order valence-electron chi connectivity index (χ2n) is 5.71. The van der Waals surface area contributed by atoms with Gasteiger partial charge in [-0.05, 0) is 0 Å². The third kappa shape index (κ3) is 4.64. The molecule has 1 N–H and O–H groups in total. The third-order valence-corrected chi connectivity index (χ3v) is 6.12. The molecule has 134 valence electrons. The summed E-state index contributed by atoms with van der Waals surface area (Å²) >= 11 is 2.18. The van der Waals surface area contributed by atoms with Crippen molar-refractivity contribution in [1.29, 1.82) is 0 Å². The van der Waals surface area contributed by atoms with Crippen LogP contribution >= 0.6 is 23.5 Å². The Morgan fingerprint density at radius 2 is 1.88 bits per heavy atom. The molecular weight excluding hydrogens is 362 g/mol. The maximum Gasteiger partial charge on any atom is 0.327 e. The summed E-state index contributed by atoms with van der Waals surface area (Å²) in [5.74, 6) is -1.99. The minimum absolute atomic E-state index is 0.264. The van der Waals surface area contributed by atoms with Gasteiger partial charge >= 0.3 is 5.97 Å². The topological polar surface area (TPSA) is 91.8 Å². The van der Waals surface area contributed by atoms with Gasteiger partial charge in [0, 0.05) is 18.2 Å². The summed E-state index contributed by atoms with van der Waals surface area (Å²) < 4.78 is 0. The smallest absolute Gasteiger partial charge is 0.327 e. The van der Waals surface area contributed by atoms with Crippen LogP contribution in [-0.2, 0) is 14.4 Å². The lowest BCUT2D eigenvalue weighted by molar-refractivity contribution is -0.149. The second-order valence-corrected chi connectivity index (χ2v) is 8.03. The van der Waals surface area contributed by atoms with E-state index in [1.54, 1.807) is 37.3 Å². The maximum absolute atomic E-state index is 12.8. The lowest BCUT2D eigenvalue weighted by Gasteiger charge is -2.27. The van der Waals surface area contributed by atoms with Gasteiger partial charge in [0.05, 0.1) is 17.0 Å². The summed E-state index contributed by atoms with van der Waals surface area (Å²) in [6.07, 6.45) is 0. The predicted molar refractivity (Wildman–Crippen MR) is 97.6 cm³/mol. The first kappa shape index (κ1) is 19.5. The number of hydrogen-bond acceptors (Lipinski definition) is 6. The van der Waals surface area contributed by atoms with Crippen molar-refractivity contribution in [2.45, 2.75) is 25.1 Å². The molecule has 3 atom stereocenters. The zero-order valence-corrected chi connectivity index (χ0v) is 15.5. The van der Waals surface area contributed by atoms with Crippen LogP contribution < -0.4 is 0 Å². The first-order valence-corrected chi connectivity index (χ1v) is 9.74. The van der Waals surface area contributed by atoms with E-state index in [1.807, 2.05) is 0 Å². The molecule has 2 rings (SSSR count). The highest BCUT2D eigenvalue weighted by Gasteiger charge is 2.41. The van der Waals surface area contributed by atoms with Crippen LogP contribution in [-0.4, -0.2) is 55.7 Å². The normalized spacial score (nSPS) is 19.3. The Hall–Kier alpha value is -1.80. The van der Waals surface area contributed by atoms with Gasteiger partial charge in [-0.15, -0.1) is 11.8 Å². The van der Waals surface area contributed by atoms with E-state index in [4.69, 9.17) is 0 Å². The summed E-state index contributed by atoms with van der Waals surface area (Å²) in [7, 11) is 0. The molecule has 1 aromatic rings. The first-order valence-electron chi connectivity index (χ1n) is 7.70. The zero-order chi connectivity index (χ0) is 18.6. The summed E-state index contributed by atoms with van der Waals surface area (Å²) in [5.41, 5.74) is 0.423. The van der Waals surface area contributed by atoms with Crippen molar-refractivity contribution in [2.75, 3.05) is 11.6 Å². The number of rotatable bonds is 6. The minimum Gasteiger partial charge on any atom is -0.480 e. The van der Waals surface area contributed by atoms with Gasteiger partial charge in [-0.1, -0.05) is 49.0 Å². The van der Waals surface area contributed by atoms with Crippen LogP contribution in [0.3, 0.4) is 0 Å². The van der Waals surface area contributed by atoms with Crippen molar-refractivity contribution in [3.63, 3.8) is 0 Å². The molecule has 8 heteroatoms. The van der Waals surface area contributed by atoms with E-state index >= 15 is 0 Å². The van der Waals surface area contributed by atoms with Crippen LogP contribution in [0.5, 0.6) is 0 Å². The fourth-order valence-electron chi connectivity index (χ4n) is 2.58. The molecule has 1 saturated heterocycles. The van der Waals surface area contributed by atoms with Crippen molar-refractivity contribution in [1.82, 2.24) is 4.90 Å². The summed E-state index contributed by atoms with van der Waals surface area (Å²) in [6, 6.07) is 7.59. The van der Waals surface area contributed by atoms with Gasteiger partial charge in [0.2, 0.25) is 5.91 Å². The molecule has 0 spiro atoms. The Morgan fingerprint density at radius 1 is 1.24 bits per heavy atom. The quantitative estimate of drug-likeness (QED) is 0.755. The van der Waals surface area contributed by atoms with Crippen LogP contribution in [0.15, 0.2) is 30.3 Å². The summed E-state index contributed by atoms with van der Waals surface area (Å²) in [6.45, 7) is 2.92. The Balaban J connectivity index is 2.24. The van der Waals surface area contributed by atoms with Gasteiger partial charge in [0.25, 0.3) is 0 Å². The van der Waals surface area contributed by atoms with E-state index in [1.165, 1.54) is 23.6 Å². The first-order chi connectivity index (χ1) is 11.8. The van der Waals surface area contributed by atoms with Gasteiger partial charge < -0.3 is 10.0 Å². The molecule has 0 radical (unpaired) electrons. The molecule has 0 aliphatic carbocycles. The number of carbonyl (C=O) groups is 4. The molecule has 6 nitrogen and oxygen atoms in total. The van der Waals surface area contributed by atoms with Gasteiger partial charge in [-0.25, -0.2) is 4.79 Å². The molecular formula is C17H19NO5S2. The highest BCUT2D eigenvalue weighted by Crippen LogP contribution is 2.30. The highest BCUT2D eigenvalue weighted by molar-refractivity contribution is 8.14. The van der Waals surface area contributed by atoms with Crippen molar-refractivity contribution in [2.24, 2.45) is 5.92 Å². The number of carbonyl (C=O) groups excluding carboxylic acids is 3. The Bertz CT molecular complexity index is 679. The minimum atomic E-state index is -1.06. The fraction of sp³-hybridized carbons (Fsp3) is 0.412. The number of carboxylic acid groups (broad SMARTS) is 1. The highest BCUT2D eigenvalue weighted by atomic mass is 32.2. The molecule has 1 aliphatic heterocycles. The van der Waals surface area contributed by atoms with Crippen LogP contribution in [0, 0.1) is 5.92 Å². The van der Waals surface area contributed by atoms with Crippen LogP contribution in [0.25, 0.3) is 0 Å². The zero-order valence-electron chi connectivity index (χ0n) is 13.9. The molecule has 1 amide bonds. The number of carboxylic acids is 1. The van der Waals surface area contributed by atoms with Crippen LogP contribution in [0.1, 0.15) is 24.2 Å². The van der Waals surface area contributed by atoms with Gasteiger partial charge in [-0.3, -0.25) is 14.4 Å². The molecule has 1 heterocycles. The van der Waals surface area contributed by atoms with Crippen molar-refractivity contribution >= 4 is 46.3 Å². The summed E-state index contributed by atoms with van der Waals surface area (Å²) in [4.78, 5) is 49.8. The van der Waals surface area contributed by atoms with Gasteiger partial charge in [0.1, 0.15) is 6.04 Å². The average Bonchev–Trinajstić information content (AvgIpc) is 3.08. The molecule has 3 unspecified atom stereocenters. The van der Waals surface area contributed by atoms with E-state index in [-0.39, 0.29) is 16.8 Å². The van der Waals surface area contributed by atoms with E-state index in [2.05, 4.69) is 0 Å². The SMILES string of the molecule is CC(=O)SC(C(=O)c1ccccc1)C(C)C(=O)N1CSCC1C(=O)O. The monoisotopic (exact) mass is 381 g/mol. The lowest BCUT2D eigenvalue weighted by Crippen LogP contribution is -2.47. The number of thioether (sulfide) groups is 2. The fourth-order valence-corrected chi connectivity index (χ4v) is 4.66. The molecule has 0 aromatic heterocycles. The number of hydrogen-bond donors (Lipinski definition) is 1. The van der Waals surface area contributed by atoms with Crippen LogP contribution in [0.2, 0.25) is 0 Å². The maximum atomic E-state index is 12.8. The van der Waals surface area contributed by atoms with Gasteiger partial charge in [-0.2, -0.15) is 0 Å². The van der Waals surface area contributed by atoms with Crippen molar-refractivity contribution in [3.05, 3.63) is 35.9 Å². The predicted octanol–water partition coefficient (Wildman–Crippen LogP) is 2.14. The van der Waals surface area contributed by atoms with Crippen molar-refractivity contribution < 1.29 is 24.3 Å². The number of amides is 1. The Labute approximate surface area is 154 Å². The van der Waals surface area contributed by atoms with E-state index in [0.29, 0.717) is 11.3 Å². The molecule has 0 saturated carbocycles. The second kappa shape index (κ2) is 8.53. The Morgan fingerprint density at radius 3 is 2.44 bits per heavy atom. The molecule has 0 bridgehead atoms. The number of nitrogens with zero attached hydrogens (tertiary/aromatic N) is 1. The summed E-state index contributed by atoms with van der Waals surface area (Å²) in [5, 5.41) is 8.11. The number of ketones is 1. The number of aliphatic carboxylic acids is 1. The average molecular weight is 381 g/mol. The molecule has 25 heavy (non-hydrogen) atoms. The largest absolute Gasteiger partial charge is 0.480 e. The van der Waals surface area contributed by atoms with E-state index in [0.717, 1.165) is 11.8 Å². The van der Waals surface area contributed by atoms with E-state index < -0.39 is 29.1 Å². The standard InChI is InChI=1S/C17H19NO5S2/c1-10(16(21)18-9-24-8-13(18)17(22)23)15(25-11(2)19)14(20)12-6-4-3-5-7-12/h3-7,10,13,15H,8-9H2,1-2H3,(H,22,23). The van der Waals surface area contributed by atoms with Crippen LogP contribution in [0.4, 0.5) is 0 Å². The third-order valence-electron chi connectivity index (χ3n) is 3.90. The van der Waals surface area contributed by atoms with Gasteiger partial charge in [0.15, 0.2) is 10.9 Å². The van der Waals surface area contributed by atoms with Crippen molar-refractivity contribution in [3.8, 4) is 0 Å². The number of Topliss-reactive ketones (excluding diaryl/α,β-unsaturated/α-hetero) is 1. The number of benzene rings is 1. The van der Waals surface area contributed by atoms with E-state index in [9.17, 15) is 24.3 Å².